The number of pyridine rings is 1. The molecule has 1 unspecified atom stereocenters. The molecule has 2 heterocycles. The number of aromatic nitrogens is 5. The highest BCUT2D eigenvalue weighted by Crippen LogP contribution is 2.24. The highest BCUT2D eigenvalue weighted by atomic mass is 15.6. The molecule has 1 aromatic carbocycles. The van der Waals surface area contributed by atoms with E-state index in [1.54, 1.807) is 7.05 Å². The molecule has 0 aliphatic carbocycles. The number of aryl methyl sites for hydroxylation is 1. The molecule has 0 saturated carbocycles. The first-order chi connectivity index (χ1) is 9.78. The lowest BCUT2D eigenvalue weighted by molar-refractivity contribution is 0.573. The van der Waals surface area contributed by atoms with Crippen LogP contribution >= 0.6 is 0 Å². The summed E-state index contributed by atoms with van der Waals surface area (Å²) in [5.41, 5.74) is 2.16. The third-order valence-corrected chi connectivity index (χ3v) is 3.32. The van der Waals surface area contributed by atoms with Crippen molar-refractivity contribution >= 4 is 10.9 Å². The minimum atomic E-state index is 0.109. The smallest absolute Gasteiger partial charge is 0.176 e. The first-order valence-corrected chi connectivity index (χ1v) is 6.51. The topological polar surface area (TPSA) is 68.5 Å². The molecule has 0 radical (unpaired) electrons. The lowest BCUT2D eigenvalue weighted by Gasteiger charge is -2.16. The predicted octanol–water partition coefficient (Wildman–Crippen LogP) is 1.26. The molecule has 20 heavy (non-hydrogen) atoms. The monoisotopic (exact) mass is 268 g/mol. The van der Waals surface area contributed by atoms with Gasteiger partial charge in [-0.2, -0.15) is 4.80 Å². The van der Waals surface area contributed by atoms with E-state index in [4.69, 9.17) is 0 Å². The molecule has 1 N–H and O–H groups in total. The highest BCUT2D eigenvalue weighted by Gasteiger charge is 2.16. The molecule has 102 valence electrons. The summed E-state index contributed by atoms with van der Waals surface area (Å²) in [4.78, 5) is 5.97. The second kappa shape index (κ2) is 5.34. The van der Waals surface area contributed by atoms with Crippen molar-refractivity contribution in [1.82, 2.24) is 30.5 Å². The summed E-state index contributed by atoms with van der Waals surface area (Å²) in [6.07, 6.45) is 2.50. The van der Waals surface area contributed by atoms with E-state index in [0.717, 1.165) is 22.3 Å². The number of rotatable bonds is 4. The molecule has 3 rings (SSSR count). The van der Waals surface area contributed by atoms with Gasteiger partial charge in [0.25, 0.3) is 0 Å². The zero-order chi connectivity index (χ0) is 13.9. The van der Waals surface area contributed by atoms with Crippen molar-refractivity contribution in [2.75, 3.05) is 7.05 Å². The summed E-state index contributed by atoms with van der Waals surface area (Å²) in [5.74, 6) is 0.722. The van der Waals surface area contributed by atoms with E-state index in [2.05, 4.69) is 43.9 Å². The van der Waals surface area contributed by atoms with E-state index in [9.17, 15) is 0 Å². The minimum absolute atomic E-state index is 0.109. The fraction of sp³-hybridized carbons (Fsp3) is 0.286. The van der Waals surface area contributed by atoms with Crippen LogP contribution in [0.15, 0.2) is 36.5 Å². The zero-order valence-corrected chi connectivity index (χ0v) is 11.5. The van der Waals surface area contributed by atoms with Crippen molar-refractivity contribution in [3.8, 4) is 0 Å². The molecule has 0 amide bonds. The Morgan fingerprint density at radius 1 is 1.25 bits per heavy atom. The maximum Gasteiger partial charge on any atom is 0.176 e. The van der Waals surface area contributed by atoms with Gasteiger partial charge in [0, 0.05) is 24.0 Å². The predicted molar refractivity (Wildman–Crippen MR) is 76.0 cm³/mol. The van der Waals surface area contributed by atoms with Gasteiger partial charge in [0.1, 0.15) is 0 Å². The first-order valence-electron chi connectivity index (χ1n) is 6.51. The van der Waals surface area contributed by atoms with Crippen LogP contribution in [-0.2, 0) is 13.5 Å². The number of benzene rings is 1. The lowest BCUT2D eigenvalue weighted by atomic mass is 10.00. The van der Waals surface area contributed by atoms with Gasteiger partial charge in [-0.3, -0.25) is 4.98 Å². The minimum Gasteiger partial charge on any atom is -0.313 e. The third-order valence-electron chi connectivity index (χ3n) is 3.32. The van der Waals surface area contributed by atoms with Crippen molar-refractivity contribution in [3.63, 3.8) is 0 Å². The molecule has 1 atom stereocenters. The van der Waals surface area contributed by atoms with Gasteiger partial charge in [-0.05, 0) is 23.9 Å². The Labute approximate surface area is 116 Å². The van der Waals surface area contributed by atoms with Crippen molar-refractivity contribution in [1.29, 1.82) is 0 Å². The van der Waals surface area contributed by atoms with Crippen molar-refractivity contribution < 1.29 is 0 Å². The molecule has 0 saturated heterocycles. The van der Waals surface area contributed by atoms with Gasteiger partial charge in [0.05, 0.1) is 12.6 Å². The Hall–Kier alpha value is -2.34. The molecule has 2 aromatic heterocycles. The van der Waals surface area contributed by atoms with Gasteiger partial charge < -0.3 is 5.32 Å². The van der Waals surface area contributed by atoms with Crippen LogP contribution in [0.5, 0.6) is 0 Å². The van der Waals surface area contributed by atoms with Crippen molar-refractivity contribution in [2.45, 2.75) is 12.5 Å². The second-order valence-corrected chi connectivity index (χ2v) is 4.66. The number of nitrogens with one attached hydrogen (secondary N) is 1. The average molecular weight is 268 g/mol. The molecule has 6 heteroatoms. The van der Waals surface area contributed by atoms with Crippen LogP contribution in [0.3, 0.4) is 0 Å². The van der Waals surface area contributed by atoms with E-state index in [1.807, 2.05) is 25.4 Å². The first kappa shape index (κ1) is 12.7. The maximum atomic E-state index is 4.50. The molecule has 0 aliphatic rings. The summed E-state index contributed by atoms with van der Waals surface area (Å²) in [7, 11) is 3.70. The SMILES string of the molecule is CNC(Cc1nnn(C)n1)c1cccc2cccnc12. The van der Waals surface area contributed by atoms with Crippen LogP contribution in [0.4, 0.5) is 0 Å². The Balaban J connectivity index is 1.98. The van der Waals surface area contributed by atoms with Crippen molar-refractivity contribution in [2.24, 2.45) is 7.05 Å². The number of hydrogen-bond donors (Lipinski definition) is 1. The number of likely N-dealkylation sites (N-methyl/N-ethyl adjacent to an activating group) is 1. The van der Waals surface area contributed by atoms with E-state index in [1.165, 1.54) is 4.80 Å². The number of fused-ring (bicyclic) bond motifs is 1. The van der Waals surface area contributed by atoms with Gasteiger partial charge in [-0.1, -0.05) is 24.3 Å². The summed E-state index contributed by atoms with van der Waals surface area (Å²) >= 11 is 0. The van der Waals surface area contributed by atoms with Gasteiger partial charge in [-0.25, -0.2) is 0 Å². The van der Waals surface area contributed by atoms with Crippen LogP contribution in [-0.4, -0.2) is 32.2 Å². The quantitative estimate of drug-likeness (QED) is 0.771. The second-order valence-electron chi connectivity index (χ2n) is 4.66. The van der Waals surface area contributed by atoms with E-state index < -0.39 is 0 Å². The number of para-hydroxylation sites is 1. The Morgan fingerprint density at radius 2 is 2.10 bits per heavy atom. The molecular formula is C14H16N6. The normalized spacial score (nSPS) is 12.7. The lowest BCUT2D eigenvalue weighted by Crippen LogP contribution is -2.20. The molecule has 0 spiro atoms. The molecule has 6 nitrogen and oxygen atoms in total. The summed E-state index contributed by atoms with van der Waals surface area (Å²) in [5, 5.41) is 16.6. The number of tetrazole rings is 1. The Kier molecular flexibility index (Phi) is 3.39. The average Bonchev–Trinajstić information content (AvgIpc) is 2.89. The van der Waals surface area contributed by atoms with Crippen LogP contribution in [0.1, 0.15) is 17.4 Å². The van der Waals surface area contributed by atoms with Crippen LogP contribution in [0, 0.1) is 0 Å². The van der Waals surface area contributed by atoms with Gasteiger partial charge >= 0.3 is 0 Å². The number of nitrogens with zero attached hydrogens (tertiary/aromatic N) is 5. The molecule has 3 aromatic rings. The Bertz CT molecular complexity index is 715. The van der Waals surface area contributed by atoms with Gasteiger partial charge in [0.2, 0.25) is 0 Å². The third kappa shape index (κ3) is 2.37. The molecule has 0 fully saturated rings. The van der Waals surface area contributed by atoms with Gasteiger partial charge in [-0.15, -0.1) is 10.2 Å². The molecule has 0 aliphatic heterocycles. The molecular weight excluding hydrogens is 252 g/mol. The van der Waals surface area contributed by atoms with E-state index in [-0.39, 0.29) is 6.04 Å². The summed E-state index contributed by atoms with van der Waals surface area (Å²) < 4.78 is 0. The summed E-state index contributed by atoms with van der Waals surface area (Å²) in [6, 6.07) is 10.3. The van der Waals surface area contributed by atoms with Crippen LogP contribution in [0.25, 0.3) is 10.9 Å². The molecule has 0 bridgehead atoms. The fourth-order valence-corrected chi connectivity index (χ4v) is 2.36. The van der Waals surface area contributed by atoms with E-state index >= 15 is 0 Å². The van der Waals surface area contributed by atoms with Crippen LogP contribution < -0.4 is 5.32 Å². The standard InChI is InChI=1S/C14H16N6/c1-15-12(9-13-17-19-20(2)18-13)11-7-3-5-10-6-4-8-16-14(10)11/h3-8,12,15H,9H2,1-2H3. The van der Waals surface area contributed by atoms with E-state index in [0.29, 0.717) is 6.42 Å². The zero-order valence-electron chi connectivity index (χ0n) is 11.5. The Morgan fingerprint density at radius 3 is 2.85 bits per heavy atom. The largest absolute Gasteiger partial charge is 0.313 e. The number of hydrogen-bond acceptors (Lipinski definition) is 5. The highest BCUT2D eigenvalue weighted by molar-refractivity contribution is 5.82. The fourth-order valence-electron chi connectivity index (χ4n) is 2.36. The van der Waals surface area contributed by atoms with Crippen molar-refractivity contribution in [3.05, 3.63) is 47.9 Å². The maximum absolute atomic E-state index is 4.50. The van der Waals surface area contributed by atoms with Crippen LogP contribution in [0.2, 0.25) is 0 Å². The summed E-state index contributed by atoms with van der Waals surface area (Å²) in [6.45, 7) is 0. The van der Waals surface area contributed by atoms with Gasteiger partial charge in [0.15, 0.2) is 5.82 Å².